The van der Waals surface area contributed by atoms with Gasteiger partial charge in [-0.05, 0) is 47.5 Å². The number of hydrogen-bond acceptors (Lipinski definition) is 4. The number of nitrogens with zero attached hydrogens (tertiary/aromatic N) is 1. The third kappa shape index (κ3) is 6.42. The molecule has 0 spiro atoms. The summed E-state index contributed by atoms with van der Waals surface area (Å²) in [5, 5.41) is 12.2. The Kier molecular flexibility index (Phi) is 8.42. The van der Waals surface area contributed by atoms with Gasteiger partial charge in [0.1, 0.15) is 29.1 Å². The molecule has 0 heterocycles. The number of rotatable bonds is 8. The zero-order valence-electron chi connectivity index (χ0n) is 16.6. The van der Waals surface area contributed by atoms with E-state index in [0.29, 0.717) is 21.1 Å². The molecule has 162 valence electrons. The normalized spacial score (nSPS) is 10.3. The minimum atomic E-state index is -0.684. The lowest BCUT2D eigenvalue weighted by Crippen LogP contribution is -2.14. The highest BCUT2D eigenvalue weighted by Crippen LogP contribution is 2.37. The first-order chi connectivity index (χ1) is 15.5. The molecule has 0 unspecified atom stereocenters. The molecule has 0 radical (unpaired) electrons. The standard InChI is InChI=1S/C24H17F3N2OS2/c25-18-9-11-19(12-10-18)29-23(30)20(13-28)24(31-14-16-5-1-3-7-21(16)26)32-15-17-6-2-4-8-22(17)27/h1-12H,14-15H2,(H,29,30). The molecule has 0 aromatic heterocycles. The molecule has 8 heteroatoms. The van der Waals surface area contributed by atoms with Gasteiger partial charge in [-0.15, -0.1) is 23.5 Å². The van der Waals surface area contributed by atoms with Gasteiger partial charge < -0.3 is 5.32 Å². The Morgan fingerprint density at radius 2 is 1.31 bits per heavy atom. The summed E-state index contributed by atoms with van der Waals surface area (Å²) in [4.78, 5) is 12.8. The lowest BCUT2D eigenvalue weighted by Gasteiger charge is -2.12. The van der Waals surface area contributed by atoms with Crippen molar-refractivity contribution in [3.05, 3.63) is 111 Å². The number of anilines is 1. The Hall–Kier alpha value is -3.15. The maximum atomic E-state index is 14.0. The third-order valence-electron chi connectivity index (χ3n) is 4.28. The van der Waals surface area contributed by atoms with Crippen molar-refractivity contribution in [1.82, 2.24) is 0 Å². The Morgan fingerprint density at radius 1 is 0.812 bits per heavy atom. The molecule has 0 bridgehead atoms. The first-order valence-corrected chi connectivity index (χ1v) is 11.4. The van der Waals surface area contributed by atoms with Crippen LogP contribution in [0, 0.1) is 28.8 Å². The van der Waals surface area contributed by atoms with E-state index in [1.807, 2.05) is 6.07 Å². The van der Waals surface area contributed by atoms with Crippen molar-refractivity contribution in [2.24, 2.45) is 0 Å². The van der Waals surface area contributed by atoms with Crippen LogP contribution in [0.3, 0.4) is 0 Å². The first-order valence-electron chi connectivity index (χ1n) is 9.41. The Bertz CT molecular complexity index is 1120. The van der Waals surface area contributed by atoms with Crippen LogP contribution < -0.4 is 5.32 Å². The monoisotopic (exact) mass is 470 g/mol. The molecule has 3 aromatic rings. The van der Waals surface area contributed by atoms with Crippen LogP contribution in [0.1, 0.15) is 11.1 Å². The molecule has 0 saturated carbocycles. The van der Waals surface area contributed by atoms with Crippen molar-refractivity contribution in [2.45, 2.75) is 11.5 Å². The molecule has 0 saturated heterocycles. The van der Waals surface area contributed by atoms with E-state index >= 15 is 0 Å². The predicted octanol–water partition coefficient (Wildman–Crippen LogP) is 6.64. The second kappa shape index (κ2) is 11.5. The Labute approximate surface area is 192 Å². The van der Waals surface area contributed by atoms with Crippen LogP contribution >= 0.6 is 23.5 Å². The van der Waals surface area contributed by atoms with E-state index in [4.69, 9.17) is 0 Å². The lowest BCUT2D eigenvalue weighted by atomic mass is 10.2. The van der Waals surface area contributed by atoms with Crippen molar-refractivity contribution in [1.29, 1.82) is 5.26 Å². The number of nitrogens with one attached hydrogen (secondary N) is 1. The number of thioether (sulfide) groups is 2. The van der Waals surface area contributed by atoms with Gasteiger partial charge in [-0.2, -0.15) is 5.26 Å². The van der Waals surface area contributed by atoms with Crippen molar-refractivity contribution >= 4 is 35.1 Å². The van der Waals surface area contributed by atoms with Crippen LogP contribution in [-0.2, 0) is 16.3 Å². The maximum absolute atomic E-state index is 14.0. The van der Waals surface area contributed by atoms with Crippen LogP contribution in [0.15, 0.2) is 82.6 Å². The second-order valence-electron chi connectivity index (χ2n) is 6.50. The van der Waals surface area contributed by atoms with Crippen LogP contribution in [0.4, 0.5) is 18.9 Å². The number of carbonyl (C=O) groups excluding carboxylic acids is 1. The molecule has 1 N–H and O–H groups in total. The first kappa shape index (κ1) is 23.5. The van der Waals surface area contributed by atoms with Gasteiger partial charge in [0.15, 0.2) is 0 Å². The summed E-state index contributed by atoms with van der Waals surface area (Å²) in [7, 11) is 0. The largest absolute Gasteiger partial charge is 0.321 e. The summed E-state index contributed by atoms with van der Waals surface area (Å²) in [5.41, 5.74) is 0.967. The molecular formula is C24H17F3N2OS2. The average Bonchev–Trinajstić information content (AvgIpc) is 2.79. The van der Waals surface area contributed by atoms with Gasteiger partial charge in [-0.25, -0.2) is 13.2 Å². The fourth-order valence-corrected chi connectivity index (χ4v) is 4.91. The average molecular weight is 471 g/mol. The molecule has 0 aliphatic rings. The number of hydrogen-bond donors (Lipinski definition) is 1. The molecule has 1 amide bonds. The summed E-state index contributed by atoms with van der Waals surface area (Å²) < 4.78 is 41.5. The summed E-state index contributed by atoms with van der Waals surface area (Å²) in [6.45, 7) is 0. The fraction of sp³-hybridized carbons (Fsp3) is 0.0833. The minimum Gasteiger partial charge on any atom is -0.321 e. The number of halogens is 3. The molecular weight excluding hydrogens is 453 g/mol. The van der Waals surface area contributed by atoms with Gasteiger partial charge in [-0.1, -0.05) is 36.4 Å². The number of carbonyl (C=O) groups is 1. The number of benzene rings is 3. The van der Waals surface area contributed by atoms with Crippen LogP contribution in [0.25, 0.3) is 0 Å². The molecule has 3 aromatic carbocycles. The molecule has 3 nitrogen and oxygen atoms in total. The summed E-state index contributed by atoms with van der Waals surface area (Å²) in [6.07, 6.45) is 0. The van der Waals surface area contributed by atoms with E-state index < -0.39 is 23.4 Å². The minimum absolute atomic E-state index is 0.182. The highest BCUT2D eigenvalue weighted by atomic mass is 32.2. The summed E-state index contributed by atoms with van der Waals surface area (Å²) in [5.74, 6) is -1.57. The van der Waals surface area contributed by atoms with E-state index in [2.05, 4.69) is 5.32 Å². The quantitative estimate of drug-likeness (QED) is 0.296. The van der Waals surface area contributed by atoms with Crippen molar-refractivity contribution in [2.75, 3.05) is 5.32 Å². The molecule has 0 fully saturated rings. The van der Waals surface area contributed by atoms with Crippen molar-refractivity contribution in [3.8, 4) is 6.07 Å². The van der Waals surface area contributed by atoms with E-state index in [1.165, 1.54) is 36.4 Å². The SMILES string of the molecule is N#CC(C(=O)Nc1ccc(F)cc1)=C(SCc1ccccc1F)SCc1ccccc1F. The van der Waals surface area contributed by atoms with Gasteiger partial charge in [-0.3, -0.25) is 4.79 Å². The van der Waals surface area contributed by atoms with Gasteiger partial charge in [0.25, 0.3) is 5.91 Å². The van der Waals surface area contributed by atoms with Gasteiger partial charge in [0, 0.05) is 17.2 Å². The van der Waals surface area contributed by atoms with E-state index in [1.54, 1.807) is 36.4 Å². The molecule has 32 heavy (non-hydrogen) atoms. The molecule has 3 rings (SSSR count). The predicted molar refractivity (Wildman–Crippen MR) is 123 cm³/mol. The zero-order valence-corrected chi connectivity index (χ0v) is 18.3. The highest BCUT2D eigenvalue weighted by molar-refractivity contribution is 8.21. The Morgan fingerprint density at radius 3 is 1.78 bits per heavy atom. The van der Waals surface area contributed by atoms with Gasteiger partial charge >= 0.3 is 0 Å². The highest BCUT2D eigenvalue weighted by Gasteiger charge is 2.18. The van der Waals surface area contributed by atoms with Gasteiger partial charge in [0.2, 0.25) is 0 Å². The summed E-state index contributed by atoms with van der Waals surface area (Å²) >= 11 is 2.25. The number of nitriles is 1. The van der Waals surface area contributed by atoms with Crippen molar-refractivity contribution in [3.63, 3.8) is 0 Å². The van der Waals surface area contributed by atoms with Gasteiger partial charge in [0.05, 0.1) is 4.24 Å². The molecule has 0 atom stereocenters. The van der Waals surface area contributed by atoms with Crippen LogP contribution in [-0.4, -0.2) is 5.91 Å². The van der Waals surface area contributed by atoms with Crippen LogP contribution in [0.2, 0.25) is 0 Å². The maximum Gasteiger partial charge on any atom is 0.268 e. The van der Waals surface area contributed by atoms with Crippen molar-refractivity contribution < 1.29 is 18.0 Å². The lowest BCUT2D eigenvalue weighted by molar-refractivity contribution is -0.112. The van der Waals surface area contributed by atoms with E-state index in [-0.39, 0.29) is 17.1 Å². The number of amides is 1. The van der Waals surface area contributed by atoms with Crippen LogP contribution in [0.5, 0.6) is 0 Å². The van der Waals surface area contributed by atoms with E-state index in [0.717, 1.165) is 23.5 Å². The Balaban J connectivity index is 1.86. The fourth-order valence-electron chi connectivity index (χ4n) is 2.62. The molecule has 0 aliphatic heterocycles. The molecule has 0 aliphatic carbocycles. The zero-order chi connectivity index (χ0) is 22.9. The van der Waals surface area contributed by atoms with E-state index in [9.17, 15) is 23.2 Å². The smallest absolute Gasteiger partial charge is 0.268 e. The topological polar surface area (TPSA) is 52.9 Å². The summed E-state index contributed by atoms with van der Waals surface area (Å²) in [6, 6.07) is 19.5. The second-order valence-corrected chi connectivity index (χ2v) is 8.73. The third-order valence-corrected chi connectivity index (χ3v) is 6.83.